The molecule has 2 rings (SSSR count). The molecule has 0 saturated carbocycles. The van der Waals surface area contributed by atoms with Crippen molar-refractivity contribution in [2.45, 2.75) is 32.2 Å². The summed E-state index contributed by atoms with van der Waals surface area (Å²) in [6, 6.07) is 4.73. The van der Waals surface area contributed by atoms with E-state index in [0.29, 0.717) is 11.8 Å². The minimum Gasteiger partial charge on any atom is -0.507 e. The van der Waals surface area contributed by atoms with E-state index >= 15 is 0 Å². The van der Waals surface area contributed by atoms with Gasteiger partial charge in [0.25, 0.3) is 0 Å². The Hall–Kier alpha value is -0.540. The lowest BCUT2D eigenvalue weighted by Gasteiger charge is -2.25. The third-order valence-corrected chi connectivity index (χ3v) is 3.20. The lowest BCUT2D eigenvalue weighted by molar-refractivity contribution is 0.442. The second-order valence-corrected chi connectivity index (χ2v) is 4.10. The average Bonchev–Trinajstić information content (AvgIpc) is 2.23. The third-order valence-electron chi connectivity index (χ3n) is 3.20. The maximum Gasteiger partial charge on any atom is 0.121 e. The second kappa shape index (κ2) is 4.99. The fourth-order valence-electron chi connectivity index (χ4n) is 2.20. The first-order chi connectivity index (χ1) is 6.72. The first-order valence-electron chi connectivity index (χ1n) is 5.20. The van der Waals surface area contributed by atoms with Crippen molar-refractivity contribution < 1.29 is 5.11 Å². The number of benzene rings is 1. The number of halogens is 1. The van der Waals surface area contributed by atoms with E-state index in [1.807, 2.05) is 20.0 Å². The highest BCUT2D eigenvalue weighted by molar-refractivity contribution is 8.93. The third kappa shape index (κ3) is 2.34. The first-order valence-corrected chi connectivity index (χ1v) is 5.20. The smallest absolute Gasteiger partial charge is 0.121 e. The van der Waals surface area contributed by atoms with Gasteiger partial charge in [0, 0.05) is 6.04 Å². The van der Waals surface area contributed by atoms with Crippen LogP contribution in [0.5, 0.6) is 5.75 Å². The molecule has 0 radical (unpaired) electrons. The van der Waals surface area contributed by atoms with E-state index in [1.54, 1.807) is 0 Å². The van der Waals surface area contributed by atoms with Crippen molar-refractivity contribution in [3.63, 3.8) is 0 Å². The molecule has 2 N–H and O–H groups in total. The molecule has 1 aromatic carbocycles. The quantitative estimate of drug-likeness (QED) is 0.822. The van der Waals surface area contributed by atoms with E-state index in [-0.39, 0.29) is 17.0 Å². The van der Waals surface area contributed by atoms with Gasteiger partial charge in [-0.3, -0.25) is 0 Å². The number of aromatic hydroxyl groups is 1. The van der Waals surface area contributed by atoms with E-state index in [9.17, 15) is 5.11 Å². The minimum atomic E-state index is 0. The Morgan fingerprint density at radius 2 is 2.13 bits per heavy atom. The molecule has 0 heterocycles. The van der Waals surface area contributed by atoms with Crippen LogP contribution in [0.3, 0.4) is 0 Å². The number of hydrogen-bond donors (Lipinski definition) is 2. The molecule has 0 bridgehead atoms. The van der Waals surface area contributed by atoms with Gasteiger partial charge in [-0.25, -0.2) is 0 Å². The Labute approximate surface area is 101 Å². The van der Waals surface area contributed by atoms with Gasteiger partial charge < -0.3 is 10.4 Å². The van der Waals surface area contributed by atoms with Gasteiger partial charge in [-0.1, -0.05) is 12.1 Å². The molecule has 0 spiro atoms. The summed E-state index contributed by atoms with van der Waals surface area (Å²) < 4.78 is 0. The largest absolute Gasteiger partial charge is 0.507 e. The van der Waals surface area contributed by atoms with Crippen molar-refractivity contribution in [3.8, 4) is 5.75 Å². The molecule has 1 aromatic rings. The molecular weight excluding hydrogens is 254 g/mol. The van der Waals surface area contributed by atoms with Crippen LogP contribution in [0.4, 0.5) is 0 Å². The predicted molar refractivity (Wildman–Crippen MR) is 68.0 cm³/mol. The highest BCUT2D eigenvalue weighted by Crippen LogP contribution is 2.31. The Kier molecular flexibility index (Phi) is 4.17. The number of phenolic OH excluding ortho intramolecular Hbond substituents is 1. The van der Waals surface area contributed by atoms with E-state index in [0.717, 1.165) is 30.4 Å². The van der Waals surface area contributed by atoms with Crippen LogP contribution in [0, 0.1) is 6.92 Å². The summed E-state index contributed by atoms with van der Waals surface area (Å²) in [4.78, 5) is 0. The monoisotopic (exact) mass is 271 g/mol. The van der Waals surface area contributed by atoms with Crippen molar-refractivity contribution in [2.24, 2.45) is 0 Å². The topological polar surface area (TPSA) is 32.3 Å². The molecule has 2 nitrogen and oxygen atoms in total. The predicted octanol–water partition coefficient (Wildman–Crippen LogP) is 2.36. The molecule has 0 fully saturated rings. The zero-order chi connectivity index (χ0) is 10.1. The highest BCUT2D eigenvalue weighted by Gasteiger charge is 2.20. The van der Waals surface area contributed by atoms with Crippen molar-refractivity contribution in [1.29, 1.82) is 0 Å². The lowest BCUT2D eigenvalue weighted by atomic mass is 9.86. The summed E-state index contributed by atoms with van der Waals surface area (Å²) in [6.07, 6.45) is 3.16. The van der Waals surface area contributed by atoms with Gasteiger partial charge in [0.1, 0.15) is 5.75 Å². The molecule has 0 saturated heterocycles. The molecule has 1 unspecified atom stereocenters. The van der Waals surface area contributed by atoms with Crippen LogP contribution in [0.15, 0.2) is 12.1 Å². The molecular formula is C12H18BrNO. The number of nitrogens with one attached hydrogen (secondary N) is 1. The van der Waals surface area contributed by atoms with Crippen molar-refractivity contribution in [3.05, 3.63) is 28.8 Å². The van der Waals surface area contributed by atoms with E-state index in [1.165, 1.54) is 5.56 Å². The number of phenols is 1. The molecule has 0 aromatic heterocycles. The van der Waals surface area contributed by atoms with Crippen LogP contribution in [-0.4, -0.2) is 18.2 Å². The molecule has 1 atom stereocenters. The van der Waals surface area contributed by atoms with Gasteiger partial charge in [-0.05, 0) is 49.9 Å². The Bertz CT molecular complexity index is 352. The van der Waals surface area contributed by atoms with Gasteiger partial charge in [-0.15, -0.1) is 17.0 Å². The summed E-state index contributed by atoms with van der Waals surface area (Å²) >= 11 is 0. The van der Waals surface area contributed by atoms with Crippen LogP contribution < -0.4 is 5.32 Å². The van der Waals surface area contributed by atoms with Gasteiger partial charge >= 0.3 is 0 Å². The van der Waals surface area contributed by atoms with E-state index < -0.39 is 0 Å². The zero-order valence-electron chi connectivity index (χ0n) is 9.21. The van der Waals surface area contributed by atoms with Gasteiger partial charge in [0.05, 0.1) is 0 Å². The molecule has 0 aliphatic heterocycles. The van der Waals surface area contributed by atoms with Gasteiger partial charge in [-0.2, -0.15) is 0 Å². The van der Waals surface area contributed by atoms with Crippen molar-refractivity contribution >= 4 is 17.0 Å². The van der Waals surface area contributed by atoms with Gasteiger partial charge in [0.15, 0.2) is 0 Å². The van der Waals surface area contributed by atoms with Crippen molar-refractivity contribution in [2.75, 3.05) is 7.05 Å². The molecule has 0 amide bonds. The maximum atomic E-state index is 9.88. The number of aryl methyl sites for hydroxylation is 1. The zero-order valence-corrected chi connectivity index (χ0v) is 10.9. The summed E-state index contributed by atoms with van der Waals surface area (Å²) in [6.45, 7) is 1.96. The molecule has 3 heteroatoms. The fourth-order valence-corrected chi connectivity index (χ4v) is 2.20. The maximum absolute atomic E-state index is 9.88. The summed E-state index contributed by atoms with van der Waals surface area (Å²) in [7, 11) is 2.00. The van der Waals surface area contributed by atoms with Crippen LogP contribution >= 0.6 is 17.0 Å². The minimum absolute atomic E-state index is 0. The number of fused-ring (bicyclic) bond motifs is 1. The van der Waals surface area contributed by atoms with Crippen LogP contribution in [0.2, 0.25) is 0 Å². The normalized spacial score (nSPS) is 19.2. The number of rotatable bonds is 1. The Balaban J connectivity index is 0.00000112. The molecule has 1 aliphatic rings. The van der Waals surface area contributed by atoms with E-state index in [4.69, 9.17) is 0 Å². The van der Waals surface area contributed by atoms with Crippen LogP contribution in [-0.2, 0) is 12.8 Å². The summed E-state index contributed by atoms with van der Waals surface area (Å²) in [5, 5.41) is 13.2. The van der Waals surface area contributed by atoms with Crippen LogP contribution in [0.25, 0.3) is 0 Å². The number of likely N-dealkylation sites (N-methyl/N-ethyl adjacent to an activating group) is 1. The van der Waals surface area contributed by atoms with E-state index in [2.05, 4.69) is 11.4 Å². The Morgan fingerprint density at radius 3 is 2.80 bits per heavy atom. The SMILES string of the molecule is Br.CNC1CCc2c(ccc(C)c2O)C1. The fraction of sp³-hybridized carbons (Fsp3) is 0.500. The Morgan fingerprint density at radius 1 is 1.40 bits per heavy atom. The van der Waals surface area contributed by atoms with Crippen molar-refractivity contribution in [1.82, 2.24) is 5.32 Å². The molecule has 15 heavy (non-hydrogen) atoms. The standard InChI is InChI=1S/C12H17NO.BrH/c1-8-3-4-9-7-10(13-2)5-6-11(9)12(8)14;/h3-4,10,13-14H,5-7H2,1-2H3;1H. The highest BCUT2D eigenvalue weighted by atomic mass is 79.9. The molecule has 84 valence electrons. The summed E-state index contributed by atoms with van der Waals surface area (Å²) in [5.74, 6) is 0.511. The lowest BCUT2D eigenvalue weighted by Crippen LogP contribution is -2.31. The van der Waals surface area contributed by atoms with Crippen LogP contribution in [0.1, 0.15) is 23.1 Å². The first kappa shape index (κ1) is 12.5. The number of hydrogen-bond acceptors (Lipinski definition) is 2. The average molecular weight is 272 g/mol. The molecule has 1 aliphatic carbocycles. The summed E-state index contributed by atoms with van der Waals surface area (Å²) in [5.41, 5.74) is 3.46. The second-order valence-electron chi connectivity index (χ2n) is 4.10. The van der Waals surface area contributed by atoms with Gasteiger partial charge in [0.2, 0.25) is 0 Å².